The Morgan fingerprint density at radius 3 is 1.19 bits per heavy atom. The van der Waals surface area contributed by atoms with Crippen LogP contribution in [-0.4, -0.2) is 30.3 Å². The molecule has 3 aliphatic rings. The lowest BCUT2D eigenvalue weighted by Crippen LogP contribution is -3.03. The van der Waals surface area contributed by atoms with Crippen LogP contribution in [0.1, 0.15) is 0 Å². The molecule has 3 aliphatic carbocycles. The van der Waals surface area contributed by atoms with Gasteiger partial charge in [-0.15, -0.1) is 69.6 Å². The molecule has 3 rings (SSSR count). The molecule has 0 aromatic carbocycles. The summed E-state index contributed by atoms with van der Waals surface area (Å²) in [7, 11) is 0. The van der Waals surface area contributed by atoms with Gasteiger partial charge >= 0.3 is 0 Å². The van der Waals surface area contributed by atoms with Crippen LogP contribution in [0.25, 0.3) is 0 Å². The average Bonchev–Trinajstić information content (AvgIpc) is 2.30. The van der Waals surface area contributed by atoms with E-state index in [2.05, 4.69) is 0 Å². The number of fused-ring (bicyclic) bond motifs is 4. The SMILES string of the molecule is ClC1=C(Cl)[C@]2(Cl)[C@@]1(Cl)[C@@]1(Cl)[C@H](Cl)[C@@H](Cl)[C@]21Cl. The summed E-state index contributed by atoms with van der Waals surface area (Å²) in [6.45, 7) is 0. The molecule has 16 heavy (non-hydrogen) atoms. The monoisotopic (exact) mass is 378 g/mol. The number of alkyl halides is 6. The van der Waals surface area contributed by atoms with Crippen molar-refractivity contribution in [3.63, 3.8) is 0 Å². The van der Waals surface area contributed by atoms with Crippen molar-refractivity contribution in [1.29, 1.82) is 0 Å². The van der Waals surface area contributed by atoms with Crippen molar-refractivity contribution in [1.82, 2.24) is 0 Å². The highest BCUT2D eigenvalue weighted by Crippen LogP contribution is 2.89. The maximum absolute atomic E-state index is 6.37. The van der Waals surface area contributed by atoms with Gasteiger partial charge in [0.1, 0.15) is 19.5 Å². The molecule has 0 bridgehead atoms. The largest absolute Gasteiger partial charge is 0.130 e. The Balaban J connectivity index is 2.24. The normalized spacial score (nSPS) is 67.5. The molecule has 0 unspecified atom stereocenters. The van der Waals surface area contributed by atoms with Crippen molar-refractivity contribution in [3.8, 4) is 0 Å². The number of hydrogen-bond acceptors (Lipinski definition) is 0. The van der Waals surface area contributed by atoms with Crippen molar-refractivity contribution < 1.29 is 0 Å². The topological polar surface area (TPSA) is 0 Å². The van der Waals surface area contributed by atoms with Crippen LogP contribution < -0.4 is 0 Å². The molecule has 2 fully saturated rings. The third kappa shape index (κ3) is 0.742. The Labute approximate surface area is 132 Å². The van der Waals surface area contributed by atoms with E-state index in [9.17, 15) is 0 Å². The van der Waals surface area contributed by atoms with E-state index < -0.39 is 30.3 Å². The molecule has 0 nitrogen and oxygen atoms in total. The summed E-state index contributed by atoms with van der Waals surface area (Å²) in [5.74, 6) is 0. The van der Waals surface area contributed by atoms with Crippen molar-refractivity contribution >= 4 is 92.8 Å². The maximum atomic E-state index is 6.37. The lowest BCUT2D eigenvalue weighted by Gasteiger charge is -2.84. The minimum Gasteiger partial charge on any atom is -0.119 e. The molecule has 2 saturated carbocycles. The highest BCUT2D eigenvalue weighted by atomic mass is 35.5. The zero-order valence-corrected chi connectivity index (χ0v) is 13.2. The maximum Gasteiger partial charge on any atom is 0.130 e. The summed E-state index contributed by atoms with van der Waals surface area (Å²) in [4.78, 5) is -4.81. The first-order valence-electron chi connectivity index (χ1n) is 4.23. The van der Waals surface area contributed by atoms with Gasteiger partial charge in [-0.25, -0.2) is 0 Å². The predicted molar refractivity (Wildman–Crippen MR) is 72.4 cm³/mol. The van der Waals surface area contributed by atoms with Crippen molar-refractivity contribution in [2.24, 2.45) is 0 Å². The van der Waals surface area contributed by atoms with Crippen LogP contribution in [0, 0.1) is 0 Å². The van der Waals surface area contributed by atoms with E-state index in [1.165, 1.54) is 0 Å². The molecule has 8 heteroatoms. The first-order valence-corrected chi connectivity index (χ1v) is 7.37. The van der Waals surface area contributed by atoms with Gasteiger partial charge in [-0.3, -0.25) is 0 Å². The van der Waals surface area contributed by atoms with Gasteiger partial charge in [0.2, 0.25) is 0 Å². The highest BCUT2D eigenvalue weighted by molar-refractivity contribution is 6.68. The van der Waals surface area contributed by atoms with Crippen LogP contribution >= 0.6 is 92.8 Å². The Bertz CT molecular complexity index is 407. The zero-order chi connectivity index (χ0) is 12.3. The van der Waals surface area contributed by atoms with Gasteiger partial charge in [-0.2, -0.15) is 0 Å². The summed E-state index contributed by atoms with van der Waals surface area (Å²) in [6.07, 6.45) is 0. The van der Waals surface area contributed by atoms with E-state index in [0.29, 0.717) is 0 Å². The second-order valence-corrected chi connectivity index (χ2v) is 8.19. The fourth-order valence-corrected chi connectivity index (χ4v) is 8.09. The first-order chi connectivity index (χ1) is 7.13. The van der Waals surface area contributed by atoms with Crippen LogP contribution in [0.15, 0.2) is 10.1 Å². The van der Waals surface area contributed by atoms with Gasteiger partial charge in [0.25, 0.3) is 0 Å². The van der Waals surface area contributed by atoms with Crippen molar-refractivity contribution in [2.75, 3.05) is 0 Å². The Morgan fingerprint density at radius 2 is 0.938 bits per heavy atom. The number of halogens is 8. The third-order valence-electron chi connectivity index (χ3n) is 3.82. The van der Waals surface area contributed by atoms with Gasteiger partial charge in [0, 0.05) is 0 Å². The fraction of sp³-hybridized carbons (Fsp3) is 0.750. The summed E-state index contributed by atoms with van der Waals surface area (Å²) in [6, 6.07) is 0. The summed E-state index contributed by atoms with van der Waals surface area (Å²) in [5, 5.41) is -0.829. The molecule has 90 valence electrons. The summed E-state index contributed by atoms with van der Waals surface area (Å²) < 4.78 is 0. The number of hydrogen-bond donors (Lipinski definition) is 0. The van der Waals surface area contributed by atoms with Gasteiger partial charge in [0.05, 0.1) is 20.8 Å². The highest BCUT2D eigenvalue weighted by Gasteiger charge is 3.02. The van der Waals surface area contributed by atoms with Gasteiger partial charge in [-0.1, -0.05) is 23.2 Å². The van der Waals surface area contributed by atoms with Crippen LogP contribution in [0.3, 0.4) is 0 Å². The molecule has 0 heterocycles. The standard InChI is InChI=1S/C8H2Cl8/c9-1-2(10)6(14)5(1,13)7(15)3(11)4(12)8(6,7)16/h1-2H/t1-,2-,5-,6-,7-,8+/m1/s1. The minimum atomic E-state index is -1.23. The Hall–Kier alpha value is 2.06. The van der Waals surface area contributed by atoms with Crippen LogP contribution in [0.4, 0.5) is 0 Å². The van der Waals surface area contributed by atoms with Crippen molar-refractivity contribution in [3.05, 3.63) is 10.1 Å². The lowest BCUT2D eigenvalue weighted by atomic mass is 9.39. The van der Waals surface area contributed by atoms with Gasteiger partial charge in [-0.05, 0) is 0 Å². The molecule has 0 amide bonds. The minimum absolute atomic E-state index is 0.200. The van der Waals surface area contributed by atoms with E-state index in [-0.39, 0.29) is 10.1 Å². The van der Waals surface area contributed by atoms with Crippen molar-refractivity contribution in [2.45, 2.75) is 30.3 Å². The molecule has 0 saturated heterocycles. The third-order valence-corrected chi connectivity index (χ3v) is 10.1. The second kappa shape index (κ2) is 3.04. The Morgan fingerprint density at radius 1 is 0.688 bits per heavy atom. The molecule has 0 radical (unpaired) electrons. The summed E-state index contributed by atoms with van der Waals surface area (Å²) in [5.41, 5.74) is 0. The van der Waals surface area contributed by atoms with E-state index in [4.69, 9.17) is 92.8 Å². The molecular weight excluding hydrogens is 380 g/mol. The average molecular weight is 382 g/mol. The second-order valence-electron chi connectivity index (χ2n) is 4.17. The predicted octanol–water partition coefficient (Wildman–Crippen LogP) is 4.84. The zero-order valence-electron chi connectivity index (χ0n) is 7.18. The van der Waals surface area contributed by atoms with Crippen LogP contribution in [-0.2, 0) is 0 Å². The number of rotatable bonds is 0. The number of allylic oxidation sites excluding steroid dienone is 2. The molecule has 6 atom stereocenters. The lowest BCUT2D eigenvalue weighted by molar-refractivity contribution is 0.0328. The molecule has 0 N–H and O–H groups in total. The van der Waals surface area contributed by atoms with E-state index in [1.54, 1.807) is 0 Å². The molecular formula is C8H2Cl8. The van der Waals surface area contributed by atoms with E-state index in [1.807, 2.05) is 0 Å². The van der Waals surface area contributed by atoms with E-state index in [0.717, 1.165) is 0 Å². The molecule has 0 spiro atoms. The van der Waals surface area contributed by atoms with Crippen LogP contribution in [0.5, 0.6) is 0 Å². The smallest absolute Gasteiger partial charge is 0.119 e. The van der Waals surface area contributed by atoms with Gasteiger partial charge < -0.3 is 0 Å². The van der Waals surface area contributed by atoms with Crippen LogP contribution in [0.2, 0.25) is 0 Å². The van der Waals surface area contributed by atoms with E-state index >= 15 is 0 Å². The Kier molecular flexibility index (Phi) is 2.48. The quantitative estimate of drug-likeness (QED) is 0.527. The molecule has 0 aromatic heterocycles. The van der Waals surface area contributed by atoms with Gasteiger partial charge in [0.15, 0.2) is 0 Å². The molecule has 0 aromatic rings. The first kappa shape index (κ1) is 13.1. The molecule has 0 aliphatic heterocycles. The summed E-state index contributed by atoms with van der Waals surface area (Å²) >= 11 is 49.5. The fourth-order valence-electron chi connectivity index (χ4n) is 2.89.